The minimum atomic E-state index is -0.924. The van der Waals surface area contributed by atoms with Gasteiger partial charge >= 0.3 is 5.97 Å². The molecule has 0 aliphatic rings. The van der Waals surface area contributed by atoms with Crippen LogP contribution in [0.4, 0.5) is 0 Å². The molecule has 0 fully saturated rings. The Morgan fingerprint density at radius 3 is 2.50 bits per heavy atom. The summed E-state index contributed by atoms with van der Waals surface area (Å²) in [5.74, 6) is 0.464. The standard InChI is InChI=1S/C14H14O3S/c1-8-4-5-9(2)13(10(8)3)17-11-6-12(14(15)16)18-7-11/h4-7H,1-3H3,(H,15,16). The van der Waals surface area contributed by atoms with E-state index in [4.69, 9.17) is 9.84 Å². The van der Waals surface area contributed by atoms with Crippen molar-refractivity contribution in [2.45, 2.75) is 20.8 Å². The van der Waals surface area contributed by atoms with Crippen LogP contribution in [-0.4, -0.2) is 11.1 Å². The summed E-state index contributed by atoms with van der Waals surface area (Å²) in [6, 6.07) is 5.60. The summed E-state index contributed by atoms with van der Waals surface area (Å²) in [4.78, 5) is 11.1. The maximum Gasteiger partial charge on any atom is 0.346 e. The van der Waals surface area contributed by atoms with Crippen molar-refractivity contribution in [1.82, 2.24) is 0 Å². The third-order valence-electron chi connectivity index (χ3n) is 2.88. The lowest BCUT2D eigenvalue weighted by Gasteiger charge is -2.12. The first-order valence-electron chi connectivity index (χ1n) is 5.55. The zero-order valence-electron chi connectivity index (χ0n) is 10.5. The molecule has 0 atom stereocenters. The van der Waals surface area contributed by atoms with Gasteiger partial charge in [-0.15, -0.1) is 11.3 Å². The molecule has 4 heteroatoms. The van der Waals surface area contributed by atoms with Crippen LogP contribution in [0.5, 0.6) is 11.5 Å². The number of benzene rings is 1. The highest BCUT2D eigenvalue weighted by molar-refractivity contribution is 7.12. The van der Waals surface area contributed by atoms with E-state index >= 15 is 0 Å². The van der Waals surface area contributed by atoms with Crippen molar-refractivity contribution < 1.29 is 14.6 Å². The number of hydrogen-bond donors (Lipinski definition) is 1. The van der Waals surface area contributed by atoms with Gasteiger partial charge in [0.15, 0.2) is 0 Å². The number of hydrogen-bond acceptors (Lipinski definition) is 3. The molecule has 1 aromatic carbocycles. The molecule has 0 aliphatic heterocycles. The minimum Gasteiger partial charge on any atom is -0.477 e. The zero-order valence-corrected chi connectivity index (χ0v) is 11.3. The normalized spacial score (nSPS) is 10.4. The number of carboxylic acid groups (broad SMARTS) is 1. The fourth-order valence-electron chi connectivity index (χ4n) is 1.68. The van der Waals surface area contributed by atoms with Crippen molar-refractivity contribution in [1.29, 1.82) is 0 Å². The van der Waals surface area contributed by atoms with Gasteiger partial charge in [0.05, 0.1) is 0 Å². The van der Waals surface area contributed by atoms with E-state index in [2.05, 4.69) is 0 Å². The Labute approximate surface area is 110 Å². The SMILES string of the molecule is Cc1ccc(C)c(Oc2csc(C(=O)O)c2)c1C. The van der Waals surface area contributed by atoms with E-state index in [1.54, 1.807) is 11.4 Å². The van der Waals surface area contributed by atoms with Crippen LogP contribution in [0.25, 0.3) is 0 Å². The van der Waals surface area contributed by atoms with Crippen molar-refractivity contribution in [2.24, 2.45) is 0 Å². The van der Waals surface area contributed by atoms with Gasteiger partial charge in [0, 0.05) is 11.4 Å². The number of thiophene rings is 1. The summed E-state index contributed by atoms with van der Waals surface area (Å²) in [6.07, 6.45) is 0. The molecule has 2 rings (SSSR count). The summed E-state index contributed by atoms with van der Waals surface area (Å²) in [5, 5.41) is 10.6. The van der Waals surface area contributed by atoms with Crippen LogP contribution in [0.15, 0.2) is 23.6 Å². The number of carbonyl (C=O) groups is 1. The maximum atomic E-state index is 10.8. The van der Waals surface area contributed by atoms with Gasteiger partial charge in [0.25, 0.3) is 0 Å². The number of aromatic carboxylic acids is 1. The number of ether oxygens (including phenoxy) is 1. The third-order valence-corrected chi connectivity index (χ3v) is 3.78. The lowest BCUT2D eigenvalue weighted by Crippen LogP contribution is -1.93. The molecular weight excluding hydrogens is 248 g/mol. The molecule has 0 aliphatic carbocycles. The molecule has 1 heterocycles. The molecule has 18 heavy (non-hydrogen) atoms. The quantitative estimate of drug-likeness (QED) is 0.903. The second-order valence-corrected chi connectivity index (χ2v) is 5.12. The number of rotatable bonds is 3. The van der Waals surface area contributed by atoms with Gasteiger partial charge in [-0.1, -0.05) is 12.1 Å². The highest BCUT2D eigenvalue weighted by Gasteiger charge is 2.11. The van der Waals surface area contributed by atoms with Crippen LogP contribution in [0.1, 0.15) is 26.4 Å². The average molecular weight is 262 g/mol. The molecule has 0 spiro atoms. The van der Waals surface area contributed by atoms with Crippen LogP contribution in [0.3, 0.4) is 0 Å². The highest BCUT2D eigenvalue weighted by Crippen LogP contribution is 2.32. The van der Waals surface area contributed by atoms with Gasteiger partial charge in [-0.25, -0.2) is 4.79 Å². The van der Waals surface area contributed by atoms with E-state index < -0.39 is 5.97 Å². The van der Waals surface area contributed by atoms with E-state index in [1.165, 1.54) is 11.3 Å². The first-order valence-corrected chi connectivity index (χ1v) is 6.43. The van der Waals surface area contributed by atoms with E-state index in [0.717, 1.165) is 22.4 Å². The van der Waals surface area contributed by atoms with Crippen LogP contribution in [0.2, 0.25) is 0 Å². The second-order valence-electron chi connectivity index (χ2n) is 4.21. The van der Waals surface area contributed by atoms with Gasteiger partial charge in [-0.2, -0.15) is 0 Å². The molecule has 1 N–H and O–H groups in total. The average Bonchev–Trinajstić information content (AvgIpc) is 2.78. The predicted molar refractivity (Wildman–Crippen MR) is 72.0 cm³/mol. The molecule has 94 valence electrons. The van der Waals surface area contributed by atoms with E-state index in [0.29, 0.717) is 5.75 Å². The summed E-state index contributed by atoms with van der Waals surface area (Å²) in [7, 11) is 0. The second kappa shape index (κ2) is 4.82. The monoisotopic (exact) mass is 262 g/mol. The molecule has 0 saturated carbocycles. The first-order chi connectivity index (χ1) is 8.49. The van der Waals surface area contributed by atoms with Gasteiger partial charge < -0.3 is 9.84 Å². The molecule has 2 aromatic rings. The largest absolute Gasteiger partial charge is 0.477 e. The minimum absolute atomic E-state index is 0.285. The van der Waals surface area contributed by atoms with Crippen LogP contribution < -0.4 is 4.74 Å². The van der Waals surface area contributed by atoms with Crippen LogP contribution in [-0.2, 0) is 0 Å². The zero-order chi connectivity index (χ0) is 13.3. The topological polar surface area (TPSA) is 46.5 Å². The molecule has 0 saturated heterocycles. The molecule has 1 aromatic heterocycles. The Hall–Kier alpha value is -1.81. The fourth-order valence-corrected chi connectivity index (χ4v) is 2.33. The molecule has 3 nitrogen and oxygen atoms in total. The van der Waals surface area contributed by atoms with Gasteiger partial charge in [0.1, 0.15) is 16.4 Å². The fraction of sp³-hybridized carbons (Fsp3) is 0.214. The molecular formula is C14H14O3S. The molecule has 0 unspecified atom stereocenters. The highest BCUT2D eigenvalue weighted by atomic mass is 32.1. The Morgan fingerprint density at radius 1 is 1.22 bits per heavy atom. The summed E-state index contributed by atoms with van der Waals surface area (Å²) >= 11 is 1.17. The maximum absolute atomic E-state index is 10.8. The third kappa shape index (κ3) is 2.38. The summed E-state index contributed by atoms with van der Waals surface area (Å²) in [5.41, 5.74) is 3.28. The van der Waals surface area contributed by atoms with Crippen LogP contribution in [0, 0.1) is 20.8 Å². The van der Waals surface area contributed by atoms with Gasteiger partial charge in [-0.05, 0) is 37.5 Å². The predicted octanol–water partition coefficient (Wildman–Crippen LogP) is 4.16. The van der Waals surface area contributed by atoms with Crippen molar-refractivity contribution in [2.75, 3.05) is 0 Å². The van der Waals surface area contributed by atoms with Crippen LogP contribution >= 0.6 is 11.3 Å². The lowest BCUT2D eigenvalue weighted by atomic mass is 10.1. The molecule has 0 bridgehead atoms. The molecule has 0 radical (unpaired) electrons. The number of aryl methyl sites for hydroxylation is 2. The summed E-state index contributed by atoms with van der Waals surface area (Å²) in [6.45, 7) is 6.01. The van der Waals surface area contributed by atoms with E-state index in [-0.39, 0.29) is 4.88 Å². The van der Waals surface area contributed by atoms with Crippen molar-refractivity contribution in [3.05, 3.63) is 45.1 Å². The smallest absolute Gasteiger partial charge is 0.346 e. The lowest BCUT2D eigenvalue weighted by molar-refractivity contribution is 0.0702. The Kier molecular flexibility index (Phi) is 3.39. The van der Waals surface area contributed by atoms with Gasteiger partial charge in [0.2, 0.25) is 0 Å². The Bertz CT molecular complexity index is 599. The van der Waals surface area contributed by atoms with Crippen molar-refractivity contribution >= 4 is 17.3 Å². The summed E-state index contributed by atoms with van der Waals surface area (Å²) < 4.78 is 5.80. The van der Waals surface area contributed by atoms with Gasteiger partial charge in [-0.3, -0.25) is 0 Å². The van der Waals surface area contributed by atoms with Crippen molar-refractivity contribution in [3.8, 4) is 11.5 Å². The van der Waals surface area contributed by atoms with E-state index in [1.807, 2.05) is 32.9 Å². The number of carboxylic acids is 1. The Morgan fingerprint density at radius 2 is 1.89 bits per heavy atom. The van der Waals surface area contributed by atoms with E-state index in [9.17, 15) is 4.79 Å². The Balaban J connectivity index is 2.33. The van der Waals surface area contributed by atoms with Crippen molar-refractivity contribution in [3.63, 3.8) is 0 Å². The first kappa shape index (κ1) is 12.6. The molecule has 0 amide bonds.